The first-order valence-electron chi connectivity index (χ1n) is 6.31. The third kappa shape index (κ3) is 4.08. The molecule has 4 nitrogen and oxygen atoms in total. The Hall–Kier alpha value is -2.31. The number of benzene rings is 1. The van der Waals surface area contributed by atoms with Crippen LogP contribution in [0.2, 0.25) is 0 Å². The Morgan fingerprint density at radius 2 is 1.95 bits per heavy atom. The van der Waals surface area contributed by atoms with Crippen LogP contribution in [0.3, 0.4) is 0 Å². The molecule has 7 heteroatoms. The number of carbonyl (C=O) groups is 1. The minimum Gasteiger partial charge on any atom is -0.348 e. The molecule has 0 aliphatic rings. The largest absolute Gasteiger partial charge is 0.435 e. The van der Waals surface area contributed by atoms with E-state index < -0.39 is 17.8 Å². The van der Waals surface area contributed by atoms with Gasteiger partial charge in [-0.15, -0.1) is 0 Å². The van der Waals surface area contributed by atoms with E-state index in [1.54, 1.807) is 6.92 Å². The Labute approximate surface area is 119 Å². The highest BCUT2D eigenvalue weighted by Gasteiger charge is 2.33. The van der Waals surface area contributed by atoms with Gasteiger partial charge in [0.1, 0.15) is 6.54 Å². The number of carbonyl (C=O) groups excluding carboxylic acids is 1. The monoisotopic (exact) mass is 297 g/mol. The fraction of sp³-hybridized carbons (Fsp3) is 0.286. The Morgan fingerprint density at radius 3 is 2.52 bits per heavy atom. The van der Waals surface area contributed by atoms with Crippen molar-refractivity contribution in [3.8, 4) is 0 Å². The van der Waals surface area contributed by atoms with Gasteiger partial charge in [0.15, 0.2) is 5.69 Å². The van der Waals surface area contributed by atoms with Gasteiger partial charge in [0.2, 0.25) is 5.91 Å². The molecular weight excluding hydrogens is 283 g/mol. The average molecular weight is 297 g/mol. The molecule has 0 aliphatic carbocycles. The number of nitrogens with one attached hydrogen (secondary N) is 1. The topological polar surface area (TPSA) is 46.9 Å². The Kier molecular flexibility index (Phi) is 4.30. The van der Waals surface area contributed by atoms with Crippen LogP contribution in [0.1, 0.15) is 24.2 Å². The van der Waals surface area contributed by atoms with Crippen molar-refractivity contribution in [3.05, 3.63) is 53.9 Å². The average Bonchev–Trinajstić information content (AvgIpc) is 2.88. The summed E-state index contributed by atoms with van der Waals surface area (Å²) in [6.45, 7) is 1.55. The van der Waals surface area contributed by atoms with Crippen LogP contribution in [0, 0.1) is 0 Å². The lowest BCUT2D eigenvalue weighted by Gasteiger charge is -2.14. The summed E-state index contributed by atoms with van der Waals surface area (Å²) >= 11 is 0. The summed E-state index contributed by atoms with van der Waals surface area (Å²) in [6, 6.07) is 9.90. The van der Waals surface area contributed by atoms with Gasteiger partial charge in [0.05, 0.1) is 6.04 Å². The van der Waals surface area contributed by atoms with Gasteiger partial charge in [-0.3, -0.25) is 9.48 Å². The maximum atomic E-state index is 12.4. The normalized spacial score (nSPS) is 13.0. The van der Waals surface area contributed by atoms with Crippen molar-refractivity contribution in [1.82, 2.24) is 15.1 Å². The summed E-state index contributed by atoms with van der Waals surface area (Å²) in [7, 11) is 0. The van der Waals surface area contributed by atoms with E-state index in [0.717, 1.165) is 22.5 Å². The van der Waals surface area contributed by atoms with Gasteiger partial charge in [-0.25, -0.2) is 0 Å². The Balaban J connectivity index is 1.94. The summed E-state index contributed by atoms with van der Waals surface area (Å²) in [5.41, 5.74) is -0.0892. The molecule has 1 amide bonds. The van der Waals surface area contributed by atoms with Crippen molar-refractivity contribution in [2.45, 2.75) is 25.7 Å². The number of aromatic nitrogens is 2. The SMILES string of the molecule is C[C@@H](NC(=O)Cn1ccc(C(F)(F)F)n1)c1ccccc1. The second-order valence-electron chi connectivity index (χ2n) is 4.60. The van der Waals surface area contributed by atoms with Gasteiger partial charge in [0, 0.05) is 6.20 Å². The molecule has 2 aromatic rings. The van der Waals surface area contributed by atoms with Crippen LogP contribution in [-0.2, 0) is 17.5 Å². The lowest BCUT2D eigenvalue weighted by Crippen LogP contribution is -2.30. The van der Waals surface area contributed by atoms with Gasteiger partial charge >= 0.3 is 6.18 Å². The minimum atomic E-state index is -4.50. The van der Waals surface area contributed by atoms with Crippen molar-refractivity contribution in [2.24, 2.45) is 0 Å². The van der Waals surface area contributed by atoms with Crippen molar-refractivity contribution in [1.29, 1.82) is 0 Å². The smallest absolute Gasteiger partial charge is 0.348 e. The van der Waals surface area contributed by atoms with Crippen LogP contribution < -0.4 is 5.32 Å². The number of rotatable bonds is 4. The van der Waals surface area contributed by atoms with Crippen molar-refractivity contribution >= 4 is 5.91 Å². The molecule has 1 N–H and O–H groups in total. The van der Waals surface area contributed by atoms with Crippen LogP contribution in [0.25, 0.3) is 0 Å². The predicted molar refractivity (Wildman–Crippen MR) is 70.2 cm³/mol. The van der Waals surface area contributed by atoms with E-state index >= 15 is 0 Å². The van der Waals surface area contributed by atoms with E-state index in [4.69, 9.17) is 0 Å². The molecule has 112 valence electrons. The molecule has 0 bridgehead atoms. The number of hydrogen-bond donors (Lipinski definition) is 1. The van der Waals surface area contributed by atoms with Gasteiger partial charge in [-0.1, -0.05) is 30.3 Å². The highest BCUT2D eigenvalue weighted by atomic mass is 19.4. The molecular formula is C14H14F3N3O. The first-order valence-corrected chi connectivity index (χ1v) is 6.31. The fourth-order valence-corrected chi connectivity index (χ4v) is 1.86. The molecule has 0 saturated carbocycles. The van der Waals surface area contributed by atoms with E-state index in [0.29, 0.717) is 0 Å². The summed E-state index contributed by atoms with van der Waals surface area (Å²) < 4.78 is 38.1. The zero-order chi connectivity index (χ0) is 15.5. The summed E-state index contributed by atoms with van der Waals surface area (Å²) in [4.78, 5) is 11.8. The molecule has 0 fully saturated rings. The number of amides is 1. The molecule has 21 heavy (non-hydrogen) atoms. The van der Waals surface area contributed by atoms with E-state index in [2.05, 4.69) is 10.4 Å². The maximum absolute atomic E-state index is 12.4. The third-order valence-corrected chi connectivity index (χ3v) is 2.91. The van der Waals surface area contributed by atoms with Gasteiger partial charge in [0.25, 0.3) is 0 Å². The molecule has 0 radical (unpaired) electrons. The van der Waals surface area contributed by atoms with Crippen LogP contribution in [0.5, 0.6) is 0 Å². The lowest BCUT2D eigenvalue weighted by atomic mass is 10.1. The lowest BCUT2D eigenvalue weighted by molar-refractivity contribution is -0.141. The number of alkyl halides is 3. The molecule has 0 aliphatic heterocycles. The minimum absolute atomic E-state index is 0.226. The molecule has 1 atom stereocenters. The van der Waals surface area contributed by atoms with E-state index in [1.807, 2.05) is 30.3 Å². The van der Waals surface area contributed by atoms with Crippen LogP contribution >= 0.6 is 0 Å². The zero-order valence-electron chi connectivity index (χ0n) is 11.3. The summed E-state index contributed by atoms with van der Waals surface area (Å²) in [6.07, 6.45) is -3.37. The first-order chi connectivity index (χ1) is 9.86. The van der Waals surface area contributed by atoms with Crippen LogP contribution in [0.4, 0.5) is 13.2 Å². The number of nitrogens with zero attached hydrogens (tertiary/aromatic N) is 2. The predicted octanol–water partition coefficient (Wildman–Crippen LogP) is 2.78. The highest BCUT2D eigenvalue weighted by molar-refractivity contribution is 5.76. The summed E-state index contributed by atoms with van der Waals surface area (Å²) in [5.74, 6) is -0.400. The first kappa shape index (κ1) is 15.1. The van der Waals surface area contributed by atoms with Crippen molar-refractivity contribution in [2.75, 3.05) is 0 Å². The molecule has 0 spiro atoms. The van der Waals surface area contributed by atoms with Crippen molar-refractivity contribution < 1.29 is 18.0 Å². The van der Waals surface area contributed by atoms with E-state index in [9.17, 15) is 18.0 Å². The van der Waals surface area contributed by atoms with Gasteiger partial charge in [-0.05, 0) is 18.6 Å². The molecule has 1 heterocycles. The molecule has 1 aromatic carbocycles. The van der Waals surface area contributed by atoms with Crippen LogP contribution in [0.15, 0.2) is 42.6 Å². The fourth-order valence-electron chi connectivity index (χ4n) is 1.86. The standard InChI is InChI=1S/C14H14F3N3O/c1-10(11-5-3-2-4-6-11)18-13(21)9-20-8-7-12(19-20)14(15,16)17/h2-8,10H,9H2,1H3,(H,18,21)/t10-/m1/s1. The third-order valence-electron chi connectivity index (χ3n) is 2.91. The maximum Gasteiger partial charge on any atom is 0.435 e. The highest BCUT2D eigenvalue weighted by Crippen LogP contribution is 2.27. The van der Waals surface area contributed by atoms with E-state index in [-0.39, 0.29) is 12.6 Å². The molecule has 2 rings (SSSR count). The Bertz CT molecular complexity index is 607. The summed E-state index contributed by atoms with van der Waals surface area (Å²) in [5, 5.41) is 6.04. The zero-order valence-corrected chi connectivity index (χ0v) is 11.3. The van der Waals surface area contributed by atoms with Gasteiger partial charge < -0.3 is 5.32 Å². The molecule has 0 unspecified atom stereocenters. The van der Waals surface area contributed by atoms with Crippen molar-refractivity contribution in [3.63, 3.8) is 0 Å². The number of hydrogen-bond acceptors (Lipinski definition) is 2. The second-order valence-corrected chi connectivity index (χ2v) is 4.60. The number of halogens is 3. The van der Waals surface area contributed by atoms with Crippen LogP contribution in [-0.4, -0.2) is 15.7 Å². The molecule has 1 aromatic heterocycles. The van der Waals surface area contributed by atoms with E-state index in [1.165, 1.54) is 0 Å². The second kappa shape index (κ2) is 5.99. The van der Waals surface area contributed by atoms with Gasteiger partial charge in [-0.2, -0.15) is 18.3 Å². The Morgan fingerprint density at radius 1 is 1.29 bits per heavy atom. The quantitative estimate of drug-likeness (QED) is 0.943. The molecule has 0 saturated heterocycles.